The van der Waals surface area contributed by atoms with Crippen molar-refractivity contribution >= 4 is 44.1 Å². The molecule has 0 aliphatic heterocycles. The molecular weight excluding hydrogens is 659 g/mol. The van der Waals surface area contributed by atoms with Crippen molar-refractivity contribution in [2.24, 2.45) is 0 Å². The number of benzene rings is 7. The van der Waals surface area contributed by atoms with E-state index >= 15 is 0 Å². The van der Waals surface area contributed by atoms with Gasteiger partial charge in [-0.1, -0.05) is 146 Å². The topological polar surface area (TPSA) is 3.24 Å². The van der Waals surface area contributed by atoms with Gasteiger partial charge in [-0.05, 0) is 105 Å². The van der Waals surface area contributed by atoms with Crippen molar-refractivity contribution in [3.05, 3.63) is 215 Å². The van der Waals surface area contributed by atoms with Gasteiger partial charge >= 0.3 is 0 Å². The van der Waals surface area contributed by atoms with Crippen molar-refractivity contribution in [1.29, 1.82) is 0 Å². The van der Waals surface area contributed by atoms with Crippen molar-refractivity contribution < 1.29 is 0 Å². The number of rotatable bonds is 5. The molecule has 1 spiro atoms. The number of hydrogen-bond donors (Lipinski definition) is 0. The van der Waals surface area contributed by atoms with Crippen LogP contribution in [0.1, 0.15) is 40.0 Å². The Morgan fingerprint density at radius 1 is 0.491 bits per heavy atom. The summed E-state index contributed by atoms with van der Waals surface area (Å²) in [7, 11) is 0. The zero-order chi connectivity index (χ0) is 34.9. The third-order valence-electron chi connectivity index (χ3n) is 11.5. The van der Waals surface area contributed by atoms with E-state index in [4.69, 9.17) is 0 Å². The molecule has 1 heterocycles. The first-order valence-electron chi connectivity index (χ1n) is 18.6. The summed E-state index contributed by atoms with van der Waals surface area (Å²) in [6, 6.07) is 63.2. The summed E-state index contributed by atoms with van der Waals surface area (Å²) >= 11 is 1.97. The van der Waals surface area contributed by atoms with Crippen LogP contribution in [0.15, 0.2) is 188 Å². The highest BCUT2D eigenvalue weighted by atomic mass is 32.1. The molecule has 0 radical (unpaired) electrons. The van der Waals surface area contributed by atoms with E-state index in [1.54, 1.807) is 0 Å². The maximum Gasteiger partial charge on any atom is 0.0820 e. The molecule has 1 nitrogen and oxygen atoms in total. The monoisotopic (exact) mass is 693 g/mol. The molecule has 3 aliphatic rings. The van der Waals surface area contributed by atoms with E-state index in [1.165, 1.54) is 81.9 Å². The summed E-state index contributed by atoms with van der Waals surface area (Å²) in [5, 5.41) is 1.34. The minimum atomic E-state index is -0.461. The fourth-order valence-electron chi connectivity index (χ4n) is 9.25. The molecule has 0 saturated carbocycles. The number of fused-ring (bicyclic) bond motifs is 12. The molecule has 0 amide bonds. The van der Waals surface area contributed by atoms with Crippen molar-refractivity contribution in [3.8, 4) is 33.4 Å². The summed E-state index contributed by atoms with van der Waals surface area (Å²) in [5.41, 5.74) is 17.5. The Hall–Kier alpha value is -6.22. The molecule has 1 aromatic heterocycles. The Morgan fingerprint density at radius 2 is 1.19 bits per heavy atom. The Bertz CT molecular complexity index is 2790. The number of hydrogen-bond acceptors (Lipinski definition) is 2. The molecule has 1 unspecified atom stereocenters. The molecule has 1 atom stereocenters. The van der Waals surface area contributed by atoms with Gasteiger partial charge in [0.1, 0.15) is 0 Å². The van der Waals surface area contributed by atoms with E-state index in [9.17, 15) is 0 Å². The Kier molecular flexibility index (Phi) is 6.84. The van der Waals surface area contributed by atoms with Crippen molar-refractivity contribution in [1.82, 2.24) is 0 Å². The highest BCUT2D eigenvalue weighted by Crippen LogP contribution is 2.66. The van der Waals surface area contributed by atoms with Gasteiger partial charge in [0.2, 0.25) is 0 Å². The zero-order valence-corrected chi connectivity index (χ0v) is 30.0. The third-order valence-corrected chi connectivity index (χ3v) is 12.8. The van der Waals surface area contributed by atoms with Crippen LogP contribution < -0.4 is 4.90 Å². The second kappa shape index (κ2) is 11.9. The van der Waals surface area contributed by atoms with Gasteiger partial charge in [-0.3, -0.25) is 0 Å². The van der Waals surface area contributed by atoms with Crippen LogP contribution in [-0.4, -0.2) is 0 Å². The van der Waals surface area contributed by atoms with Gasteiger partial charge in [-0.2, -0.15) is 0 Å². The van der Waals surface area contributed by atoms with Gasteiger partial charge in [0.15, 0.2) is 0 Å². The molecule has 2 heteroatoms. The van der Waals surface area contributed by atoms with Crippen LogP contribution in [0.4, 0.5) is 17.1 Å². The molecule has 0 fully saturated rings. The van der Waals surface area contributed by atoms with Gasteiger partial charge in [0.25, 0.3) is 0 Å². The summed E-state index contributed by atoms with van der Waals surface area (Å²) in [5.74, 6) is 0. The van der Waals surface area contributed by atoms with Crippen molar-refractivity contribution in [2.75, 3.05) is 4.90 Å². The average molecular weight is 694 g/mol. The van der Waals surface area contributed by atoms with Crippen LogP contribution in [0, 0.1) is 0 Å². The maximum atomic E-state index is 2.52. The van der Waals surface area contributed by atoms with Gasteiger partial charge in [-0.15, -0.1) is 11.3 Å². The van der Waals surface area contributed by atoms with E-state index in [0.29, 0.717) is 0 Å². The number of nitrogens with zero attached hydrogens (tertiary/aromatic N) is 1. The largest absolute Gasteiger partial charge is 0.310 e. The van der Waals surface area contributed by atoms with E-state index in [1.807, 2.05) is 11.3 Å². The van der Waals surface area contributed by atoms with Gasteiger partial charge in [0.05, 0.1) is 11.1 Å². The lowest BCUT2D eigenvalue weighted by molar-refractivity contribution is 0.812. The Morgan fingerprint density at radius 3 is 2.04 bits per heavy atom. The smallest absolute Gasteiger partial charge is 0.0820 e. The lowest BCUT2D eigenvalue weighted by atomic mass is 9.73. The lowest BCUT2D eigenvalue weighted by Crippen LogP contribution is -2.25. The molecule has 0 N–H and O–H groups in total. The molecule has 8 aromatic rings. The second-order valence-corrected chi connectivity index (χ2v) is 15.3. The summed E-state index contributed by atoms with van der Waals surface area (Å²) in [6.45, 7) is 0. The van der Waals surface area contributed by atoms with Crippen LogP contribution >= 0.6 is 11.3 Å². The summed E-state index contributed by atoms with van der Waals surface area (Å²) < 4.78 is 1.34. The van der Waals surface area contributed by atoms with Crippen molar-refractivity contribution in [3.63, 3.8) is 0 Å². The number of para-hydroxylation sites is 2. The highest BCUT2D eigenvalue weighted by Gasteiger charge is 2.53. The van der Waals surface area contributed by atoms with E-state index in [-0.39, 0.29) is 0 Å². The minimum absolute atomic E-state index is 0.461. The normalized spacial score (nSPS) is 16.3. The highest BCUT2D eigenvalue weighted by molar-refractivity contribution is 7.20. The Balaban J connectivity index is 1.23. The van der Waals surface area contributed by atoms with Crippen LogP contribution in [-0.2, 0) is 5.41 Å². The van der Waals surface area contributed by atoms with Crippen LogP contribution in [0.2, 0.25) is 0 Å². The summed E-state index contributed by atoms with van der Waals surface area (Å²) in [6.07, 6.45) is 9.14. The van der Waals surface area contributed by atoms with Crippen molar-refractivity contribution in [2.45, 2.75) is 18.3 Å². The fourth-order valence-corrected chi connectivity index (χ4v) is 10.7. The van der Waals surface area contributed by atoms with E-state index < -0.39 is 5.41 Å². The number of allylic oxidation sites excluding steroid dienone is 4. The lowest BCUT2D eigenvalue weighted by Gasteiger charge is -2.32. The zero-order valence-electron chi connectivity index (χ0n) is 29.2. The van der Waals surface area contributed by atoms with Crippen LogP contribution in [0.3, 0.4) is 0 Å². The molecule has 3 aliphatic carbocycles. The van der Waals surface area contributed by atoms with Gasteiger partial charge < -0.3 is 4.90 Å². The molecule has 11 rings (SSSR count). The standard InChI is InChI=1S/C51H35NS/c1-4-16-34(17-5-1)36-28-30-41-40-23-10-13-25-44(40)51(45(41)32-36)46-33-38(29-31-42(46)49-43-24-12-15-27-48(43)53-50(49)51)52(37-20-8-3-9-21-37)47-26-14-11-22-39(47)35-18-6-2-7-19-35/h1,3-6,8-33H,2,7H2. The molecular formula is C51H35NS. The van der Waals surface area contributed by atoms with Gasteiger partial charge in [0, 0.05) is 37.5 Å². The third kappa shape index (κ3) is 4.43. The molecule has 250 valence electrons. The minimum Gasteiger partial charge on any atom is -0.310 e. The second-order valence-electron chi connectivity index (χ2n) is 14.3. The van der Waals surface area contributed by atoms with Gasteiger partial charge in [-0.25, -0.2) is 0 Å². The molecule has 7 aromatic carbocycles. The molecule has 53 heavy (non-hydrogen) atoms. The average Bonchev–Trinajstić information content (AvgIpc) is 3.85. The molecule has 0 bridgehead atoms. The first kappa shape index (κ1) is 30.4. The van der Waals surface area contributed by atoms with E-state index in [0.717, 1.165) is 24.2 Å². The quantitative estimate of drug-likeness (QED) is 0.173. The number of thiophene rings is 1. The molecule has 0 saturated heterocycles. The van der Waals surface area contributed by atoms with E-state index in [2.05, 4.69) is 193 Å². The summed E-state index contributed by atoms with van der Waals surface area (Å²) in [4.78, 5) is 3.89. The van der Waals surface area contributed by atoms with Crippen LogP contribution in [0.5, 0.6) is 0 Å². The SMILES string of the molecule is C1=CC(c2ccccc2N(c2ccccc2)c2ccc3c(c2)C2(c4ccccc4-c4ccc(-c5ccccc5)cc42)c2sc4ccccc4c2-3)=CCC1. The first-order chi connectivity index (χ1) is 26.3. The maximum absolute atomic E-state index is 2.52. The predicted molar refractivity (Wildman–Crippen MR) is 225 cm³/mol. The first-order valence-corrected chi connectivity index (χ1v) is 19.4. The number of anilines is 3. The fraction of sp³-hybridized carbons (Fsp3) is 0.0588. The Labute approximate surface area is 314 Å². The predicted octanol–water partition coefficient (Wildman–Crippen LogP) is 14.1. The van der Waals surface area contributed by atoms with Crippen LogP contribution in [0.25, 0.3) is 49.0 Å².